The summed E-state index contributed by atoms with van der Waals surface area (Å²) in [5, 5.41) is 8.02. The second-order valence-electron chi connectivity index (χ2n) is 7.49. The number of H-pyrrole nitrogens is 1. The molecule has 4 aromatic rings. The highest BCUT2D eigenvalue weighted by molar-refractivity contribution is 5.72. The van der Waals surface area contributed by atoms with E-state index < -0.39 is 0 Å². The van der Waals surface area contributed by atoms with Crippen LogP contribution < -0.4 is 14.5 Å². The van der Waals surface area contributed by atoms with E-state index in [1.54, 1.807) is 7.11 Å². The second-order valence-corrected chi connectivity index (χ2v) is 7.49. The number of methoxy groups -OCH3 is 1. The molecule has 5 rings (SSSR count). The average molecular weight is 396 g/mol. The summed E-state index contributed by atoms with van der Waals surface area (Å²) in [6.45, 7) is 2.38. The van der Waals surface area contributed by atoms with Crippen LogP contribution in [0.3, 0.4) is 0 Å². The van der Waals surface area contributed by atoms with Crippen LogP contribution in [0.5, 0.6) is 5.75 Å². The minimum absolute atomic E-state index is 0.771. The van der Waals surface area contributed by atoms with Gasteiger partial charge in [0.15, 0.2) is 5.82 Å². The van der Waals surface area contributed by atoms with E-state index in [-0.39, 0.29) is 0 Å². The van der Waals surface area contributed by atoms with Crippen LogP contribution in [0, 0.1) is 0 Å². The van der Waals surface area contributed by atoms with Crippen molar-refractivity contribution in [3.05, 3.63) is 96.1 Å². The fraction of sp³-hybridized carbons (Fsp3) is 0.160. The number of hydrogen-bond donors (Lipinski definition) is 1. The van der Waals surface area contributed by atoms with Gasteiger partial charge in [0.2, 0.25) is 0 Å². The third-order valence-corrected chi connectivity index (χ3v) is 5.55. The van der Waals surface area contributed by atoms with Crippen molar-refractivity contribution in [2.75, 3.05) is 23.6 Å². The van der Waals surface area contributed by atoms with Crippen molar-refractivity contribution in [3.63, 3.8) is 0 Å². The molecular weight excluding hydrogens is 372 g/mol. The lowest BCUT2D eigenvalue weighted by Crippen LogP contribution is -2.42. The van der Waals surface area contributed by atoms with E-state index in [4.69, 9.17) is 9.84 Å². The molecule has 0 radical (unpaired) electrons. The summed E-state index contributed by atoms with van der Waals surface area (Å²) in [5.74, 6) is 1.90. The molecule has 0 saturated carbocycles. The summed E-state index contributed by atoms with van der Waals surface area (Å²) >= 11 is 0. The van der Waals surface area contributed by atoms with Gasteiger partial charge in [-0.25, -0.2) is 0 Å². The zero-order valence-electron chi connectivity index (χ0n) is 17.0. The summed E-state index contributed by atoms with van der Waals surface area (Å²) in [4.78, 5) is 4.72. The molecule has 1 aromatic heterocycles. The van der Waals surface area contributed by atoms with E-state index in [1.807, 2.05) is 18.2 Å². The van der Waals surface area contributed by atoms with Crippen molar-refractivity contribution >= 4 is 11.5 Å². The number of nitrogens with zero attached hydrogens (tertiary/aromatic N) is 3. The van der Waals surface area contributed by atoms with E-state index >= 15 is 0 Å². The Morgan fingerprint density at radius 1 is 0.900 bits per heavy atom. The van der Waals surface area contributed by atoms with Gasteiger partial charge in [0.05, 0.1) is 26.0 Å². The monoisotopic (exact) mass is 396 g/mol. The van der Waals surface area contributed by atoms with Crippen LogP contribution in [0.1, 0.15) is 11.1 Å². The highest BCUT2D eigenvalue weighted by Gasteiger charge is 2.28. The smallest absolute Gasteiger partial charge is 0.157 e. The maximum atomic E-state index is 5.33. The zero-order chi connectivity index (χ0) is 20.3. The van der Waals surface area contributed by atoms with E-state index in [1.165, 1.54) is 16.8 Å². The number of hydrogen-bond acceptors (Lipinski definition) is 4. The van der Waals surface area contributed by atoms with Crippen LogP contribution in [-0.4, -0.2) is 24.0 Å². The van der Waals surface area contributed by atoms with Crippen molar-refractivity contribution in [1.82, 2.24) is 10.2 Å². The normalized spacial score (nSPS) is 13.2. The minimum Gasteiger partial charge on any atom is -0.497 e. The predicted molar refractivity (Wildman–Crippen MR) is 121 cm³/mol. The summed E-state index contributed by atoms with van der Waals surface area (Å²) in [6.07, 6.45) is 0. The molecule has 30 heavy (non-hydrogen) atoms. The van der Waals surface area contributed by atoms with Crippen LogP contribution in [0.25, 0.3) is 11.3 Å². The number of aromatic amines is 1. The van der Waals surface area contributed by atoms with Crippen LogP contribution >= 0.6 is 0 Å². The molecule has 3 aromatic carbocycles. The van der Waals surface area contributed by atoms with Crippen LogP contribution in [0.2, 0.25) is 0 Å². The lowest BCUT2D eigenvalue weighted by Gasteiger charge is -2.37. The molecule has 1 aliphatic rings. The molecular formula is C25H24N4O. The Labute approximate surface area is 176 Å². The van der Waals surface area contributed by atoms with Crippen LogP contribution in [0.4, 0.5) is 11.5 Å². The number of fused-ring (bicyclic) bond motifs is 1. The molecule has 1 aliphatic heterocycles. The Hall–Kier alpha value is -3.73. The van der Waals surface area contributed by atoms with Gasteiger partial charge in [-0.15, -0.1) is 0 Å². The summed E-state index contributed by atoms with van der Waals surface area (Å²) in [7, 11) is 1.70. The SMILES string of the molecule is COc1ccc(N2Cc3c(n[nH]c3-c3ccccc3)N(Cc3ccccc3)C2)cc1. The lowest BCUT2D eigenvalue weighted by molar-refractivity contribution is 0.415. The van der Waals surface area contributed by atoms with Crippen LogP contribution in [0.15, 0.2) is 84.9 Å². The topological polar surface area (TPSA) is 44.4 Å². The number of benzene rings is 3. The third kappa shape index (κ3) is 3.50. The fourth-order valence-electron chi connectivity index (χ4n) is 4.02. The molecule has 0 amide bonds. The van der Waals surface area contributed by atoms with Crippen molar-refractivity contribution in [1.29, 1.82) is 0 Å². The highest BCUT2D eigenvalue weighted by atomic mass is 16.5. The first-order chi connectivity index (χ1) is 14.8. The maximum Gasteiger partial charge on any atom is 0.157 e. The first kappa shape index (κ1) is 18.3. The molecule has 5 heteroatoms. The Bertz CT molecular complexity index is 1110. The lowest BCUT2D eigenvalue weighted by atomic mass is 10.0. The van der Waals surface area contributed by atoms with Crippen molar-refractivity contribution in [3.8, 4) is 17.0 Å². The first-order valence-electron chi connectivity index (χ1n) is 10.1. The molecule has 5 nitrogen and oxygen atoms in total. The van der Waals surface area contributed by atoms with Gasteiger partial charge < -0.3 is 14.5 Å². The highest BCUT2D eigenvalue weighted by Crippen LogP contribution is 2.36. The summed E-state index contributed by atoms with van der Waals surface area (Å²) < 4.78 is 5.33. The van der Waals surface area contributed by atoms with Gasteiger partial charge in [-0.05, 0) is 35.4 Å². The number of aromatic nitrogens is 2. The van der Waals surface area contributed by atoms with E-state index in [0.29, 0.717) is 0 Å². The largest absolute Gasteiger partial charge is 0.497 e. The van der Waals surface area contributed by atoms with Gasteiger partial charge in [0, 0.05) is 17.8 Å². The molecule has 2 heterocycles. The standard InChI is InChI=1S/C25H24N4O/c1-30-22-14-12-21(13-15-22)28-17-23-24(20-10-6-3-7-11-20)26-27-25(23)29(18-28)16-19-8-4-2-5-9-19/h2-15H,16-18H2,1H3,(H,26,27). The molecule has 0 saturated heterocycles. The van der Waals surface area contributed by atoms with Gasteiger partial charge >= 0.3 is 0 Å². The van der Waals surface area contributed by atoms with Gasteiger partial charge in [-0.1, -0.05) is 60.7 Å². The third-order valence-electron chi connectivity index (χ3n) is 5.55. The van der Waals surface area contributed by atoms with Gasteiger partial charge in [0.25, 0.3) is 0 Å². The number of nitrogens with one attached hydrogen (secondary N) is 1. The van der Waals surface area contributed by atoms with Crippen LogP contribution in [-0.2, 0) is 13.1 Å². The Kier molecular flexibility index (Phi) is 4.85. The first-order valence-corrected chi connectivity index (χ1v) is 10.1. The Morgan fingerprint density at radius 3 is 2.30 bits per heavy atom. The van der Waals surface area contributed by atoms with Crippen molar-refractivity contribution in [2.24, 2.45) is 0 Å². The molecule has 0 fully saturated rings. The second kappa shape index (κ2) is 7.95. The molecule has 0 unspecified atom stereocenters. The van der Waals surface area contributed by atoms with Crippen molar-refractivity contribution in [2.45, 2.75) is 13.1 Å². The number of rotatable bonds is 5. The van der Waals surface area contributed by atoms with Gasteiger partial charge in [0.1, 0.15) is 5.75 Å². The van der Waals surface area contributed by atoms with E-state index in [0.717, 1.165) is 42.6 Å². The maximum absolute atomic E-state index is 5.33. The summed E-state index contributed by atoms with van der Waals surface area (Å²) in [6, 6.07) is 29.2. The van der Waals surface area contributed by atoms with Gasteiger partial charge in [-0.2, -0.15) is 5.10 Å². The Balaban J connectivity index is 1.53. The average Bonchev–Trinajstić information content (AvgIpc) is 3.25. The molecule has 0 aliphatic carbocycles. The number of ether oxygens (including phenoxy) is 1. The van der Waals surface area contributed by atoms with Gasteiger partial charge in [-0.3, -0.25) is 5.10 Å². The summed E-state index contributed by atoms with van der Waals surface area (Å²) in [5.41, 5.74) is 5.90. The Morgan fingerprint density at radius 2 is 1.60 bits per heavy atom. The quantitative estimate of drug-likeness (QED) is 0.512. The van der Waals surface area contributed by atoms with E-state index in [9.17, 15) is 0 Å². The minimum atomic E-state index is 0.771. The molecule has 0 bridgehead atoms. The van der Waals surface area contributed by atoms with E-state index in [2.05, 4.69) is 81.6 Å². The molecule has 1 N–H and O–H groups in total. The number of anilines is 2. The zero-order valence-corrected chi connectivity index (χ0v) is 17.0. The molecule has 0 spiro atoms. The molecule has 150 valence electrons. The van der Waals surface area contributed by atoms with Crippen molar-refractivity contribution < 1.29 is 4.74 Å². The predicted octanol–water partition coefficient (Wildman–Crippen LogP) is 5.07. The fourth-order valence-corrected chi connectivity index (χ4v) is 4.02. The molecule has 0 atom stereocenters.